The molecule has 3 rings (SSSR count). The fourth-order valence-corrected chi connectivity index (χ4v) is 4.08. The standard InChI is InChI=1S/C14H17N3O3S2/c18-22(19,17-5-7-20-8-6-17)16-10-12-2-1-4-15-14(12)13-3-9-21-11-13/h1-4,9,11,16H,5-8,10H2. The molecule has 0 radical (unpaired) electrons. The predicted octanol–water partition coefficient (Wildman–Crippen LogP) is 1.48. The van der Waals surface area contributed by atoms with Gasteiger partial charge in [-0.3, -0.25) is 4.98 Å². The van der Waals surface area contributed by atoms with Crippen LogP contribution in [0.25, 0.3) is 11.3 Å². The third kappa shape index (κ3) is 3.53. The molecule has 3 heterocycles. The molecule has 0 bridgehead atoms. The van der Waals surface area contributed by atoms with E-state index < -0.39 is 10.2 Å². The molecule has 1 fully saturated rings. The summed E-state index contributed by atoms with van der Waals surface area (Å²) < 4.78 is 33.8. The van der Waals surface area contributed by atoms with Crippen LogP contribution in [0.5, 0.6) is 0 Å². The molecular formula is C14H17N3O3S2. The van der Waals surface area contributed by atoms with Crippen molar-refractivity contribution in [2.75, 3.05) is 26.3 Å². The number of pyridine rings is 1. The zero-order valence-electron chi connectivity index (χ0n) is 11.9. The summed E-state index contributed by atoms with van der Waals surface area (Å²) in [5.41, 5.74) is 2.68. The molecule has 1 saturated heterocycles. The fourth-order valence-electron chi connectivity index (χ4n) is 2.29. The number of thiophene rings is 1. The smallest absolute Gasteiger partial charge is 0.279 e. The van der Waals surface area contributed by atoms with Gasteiger partial charge in [0.25, 0.3) is 10.2 Å². The highest BCUT2D eigenvalue weighted by molar-refractivity contribution is 7.87. The summed E-state index contributed by atoms with van der Waals surface area (Å²) in [6, 6.07) is 5.68. The minimum atomic E-state index is -3.49. The van der Waals surface area contributed by atoms with E-state index in [0.29, 0.717) is 26.3 Å². The van der Waals surface area contributed by atoms with Gasteiger partial charge in [0.15, 0.2) is 0 Å². The maximum absolute atomic E-state index is 12.3. The van der Waals surface area contributed by atoms with E-state index in [1.54, 1.807) is 17.5 Å². The molecule has 0 atom stereocenters. The molecule has 22 heavy (non-hydrogen) atoms. The third-order valence-electron chi connectivity index (χ3n) is 3.44. The second kappa shape index (κ2) is 6.84. The minimum absolute atomic E-state index is 0.221. The number of nitrogens with one attached hydrogen (secondary N) is 1. The molecule has 0 amide bonds. The summed E-state index contributed by atoms with van der Waals surface area (Å²) in [5, 5.41) is 3.98. The van der Waals surface area contributed by atoms with Crippen molar-refractivity contribution in [3.8, 4) is 11.3 Å². The summed E-state index contributed by atoms with van der Waals surface area (Å²) in [5.74, 6) is 0. The van der Waals surface area contributed by atoms with Crippen LogP contribution in [0, 0.1) is 0 Å². The average Bonchev–Trinajstić information content (AvgIpc) is 3.08. The molecular weight excluding hydrogens is 322 g/mol. The number of hydrogen-bond donors (Lipinski definition) is 1. The summed E-state index contributed by atoms with van der Waals surface area (Å²) in [4.78, 5) is 4.37. The molecule has 0 unspecified atom stereocenters. The van der Waals surface area contributed by atoms with Crippen LogP contribution in [0.4, 0.5) is 0 Å². The lowest BCUT2D eigenvalue weighted by Gasteiger charge is -2.26. The van der Waals surface area contributed by atoms with Crippen molar-refractivity contribution in [1.29, 1.82) is 0 Å². The Kier molecular flexibility index (Phi) is 4.84. The lowest BCUT2D eigenvalue weighted by atomic mass is 10.1. The van der Waals surface area contributed by atoms with Crippen molar-refractivity contribution < 1.29 is 13.2 Å². The summed E-state index contributed by atoms with van der Waals surface area (Å²) in [6.45, 7) is 1.88. The molecule has 6 nitrogen and oxygen atoms in total. The molecule has 1 aliphatic rings. The summed E-state index contributed by atoms with van der Waals surface area (Å²) in [6.07, 6.45) is 1.72. The maximum Gasteiger partial charge on any atom is 0.279 e. The third-order valence-corrected chi connectivity index (χ3v) is 5.68. The first-order valence-electron chi connectivity index (χ1n) is 6.96. The maximum atomic E-state index is 12.3. The van der Waals surface area contributed by atoms with E-state index >= 15 is 0 Å². The van der Waals surface area contributed by atoms with Gasteiger partial charge >= 0.3 is 0 Å². The van der Waals surface area contributed by atoms with Gasteiger partial charge in [0.05, 0.1) is 18.9 Å². The van der Waals surface area contributed by atoms with Crippen molar-refractivity contribution in [3.63, 3.8) is 0 Å². The second-order valence-corrected chi connectivity index (χ2v) is 7.40. The zero-order chi connectivity index (χ0) is 15.4. The summed E-state index contributed by atoms with van der Waals surface area (Å²) in [7, 11) is -3.49. The predicted molar refractivity (Wildman–Crippen MR) is 85.7 cm³/mol. The van der Waals surface area contributed by atoms with Gasteiger partial charge in [-0.1, -0.05) is 6.07 Å². The van der Waals surface area contributed by atoms with Gasteiger partial charge in [0.2, 0.25) is 0 Å². The minimum Gasteiger partial charge on any atom is -0.379 e. The van der Waals surface area contributed by atoms with Gasteiger partial charge < -0.3 is 4.74 Å². The Morgan fingerprint density at radius 2 is 2.14 bits per heavy atom. The van der Waals surface area contributed by atoms with Crippen LogP contribution < -0.4 is 4.72 Å². The summed E-state index contributed by atoms with van der Waals surface area (Å²) >= 11 is 1.59. The van der Waals surface area contributed by atoms with E-state index in [2.05, 4.69) is 9.71 Å². The van der Waals surface area contributed by atoms with Crippen LogP contribution >= 0.6 is 11.3 Å². The Bertz CT molecular complexity index is 711. The molecule has 1 N–H and O–H groups in total. The highest BCUT2D eigenvalue weighted by Gasteiger charge is 2.24. The molecule has 0 saturated carbocycles. The average molecular weight is 339 g/mol. The van der Waals surface area contributed by atoms with Crippen LogP contribution in [0.2, 0.25) is 0 Å². The molecule has 0 spiro atoms. The molecule has 0 aromatic carbocycles. The van der Waals surface area contributed by atoms with E-state index in [-0.39, 0.29) is 6.54 Å². The Labute approximate surface area is 133 Å². The number of morpholine rings is 1. The monoisotopic (exact) mass is 339 g/mol. The van der Waals surface area contributed by atoms with Crippen molar-refractivity contribution in [3.05, 3.63) is 40.7 Å². The van der Waals surface area contributed by atoms with Gasteiger partial charge in [-0.25, -0.2) is 0 Å². The van der Waals surface area contributed by atoms with Gasteiger partial charge in [-0.15, -0.1) is 0 Å². The van der Waals surface area contributed by atoms with Gasteiger partial charge in [-0.2, -0.15) is 28.8 Å². The SMILES string of the molecule is O=S(=O)(NCc1cccnc1-c1ccsc1)N1CCOCC1. The Morgan fingerprint density at radius 1 is 1.32 bits per heavy atom. The first kappa shape index (κ1) is 15.6. The van der Waals surface area contributed by atoms with Gasteiger partial charge in [0, 0.05) is 36.8 Å². The lowest BCUT2D eigenvalue weighted by Crippen LogP contribution is -2.46. The van der Waals surface area contributed by atoms with E-state index in [0.717, 1.165) is 16.8 Å². The van der Waals surface area contributed by atoms with Gasteiger partial charge in [0.1, 0.15) is 0 Å². The van der Waals surface area contributed by atoms with Crippen LogP contribution in [0.15, 0.2) is 35.2 Å². The van der Waals surface area contributed by atoms with Crippen molar-refractivity contribution in [2.24, 2.45) is 0 Å². The first-order chi connectivity index (χ1) is 10.7. The number of aromatic nitrogens is 1. The van der Waals surface area contributed by atoms with Crippen molar-refractivity contribution in [2.45, 2.75) is 6.54 Å². The highest BCUT2D eigenvalue weighted by atomic mass is 32.2. The molecule has 2 aromatic rings. The first-order valence-corrected chi connectivity index (χ1v) is 9.34. The largest absolute Gasteiger partial charge is 0.379 e. The number of ether oxygens (including phenoxy) is 1. The lowest BCUT2D eigenvalue weighted by molar-refractivity contribution is 0.0725. The van der Waals surface area contributed by atoms with Crippen LogP contribution in [0.3, 0.4) is 0 Å². The molecule has 118 valence electrons. The Hall–Kier alpha value is -1.32. The molecule has 1 aliphatic heterocycles. The van der Waals surface area contributed by atoms with E-state index in [9.17, 15) is 8.42 Å². The van der Waals surface area contributed by atoms with Crippen LogP contribution in [-0.2, 0) is 21.5 Å². The number of rotatable bonds is 5. The Morgan fingerprint density at radius 3 is 2.86 bits per heavy atom. The Balaban J connectivity index is 1.74. The quantitative estimate of drug-likeness (QED) is 0.896. The molecule has 8 heteroatoms. The van der Waals surface area contributed by atoms with Crippen LogP contribution in [0.1, 0.15) is 5.56 Å². The second-order valence-electron chi connectivity index (χ2n) is 4.86. The van der Waals surface area contributed by atoms with E-state index in [1.807, 2.05) is 29.0 Å². The zero-order valence-corrected chi connectivity index (χ0v) is 13.6. The van der Waals surface area contributed by atoms with E-state index in [4.69, 9.17) is 4.74 Å². The van der Waals surface area contributed by atoms with Gasteiger partial charge in [-0.05, 0) is 23.1 Å². The van der Waals surface area contributed by atoms with E-state index in [1.165, 1.54) is 4.31 Å². The number of hydrogen-bond acceptors (Lipinski definition) is 5. The van der Waals surface area contributed by atoms with Crippen molar-refractivity contribution in [1.82, 2.24) is 14.0 Å². The topological polar surface area (TPSA) is 71.5 Å². The fraction of sp³-hybridized carbons (Fsp3) is 0.357. The normalized spacial score (nSPS) is 16.7. The molecule has 0 aliphatic carbocycles. The number of nitrogens with zero attached hydrogens (tertiary/aromatic N) is 2. The highest BCUT2D eigenvalue weighted by Crippen LogP contribution is 2.23. The van der Waals surface area contributed by atoms with Crippen LogP contribution in [-0.4, -0.2) is 44.0 Å². The molecule has 2 aromatic heterocycles. The van der Waals surface area contributed by atoms with Crippen molar-refractivity contribution >= 4 is 21.5 Å².